The number of carbonyl (C=O) groups excluding carboxylic acids is 1. The molecule has 1 atom stereocenters. The molecular weight excluding hydrogens is 316 g/mol. The van der Waals surface area contributed by atoms with Gasteiger partial charge in [0, 0.05) is 23.7 Å². The lowest BCUT2D eigenvalue weighted by Gasteiger charge is -2.14. The Hall–Kier alpha value is -2.92. The van der Waals surface area contributed by atoms with Crippen molar-refractivity contribution in [2.45, 2.75) is 13.0 Å². The SMILES string of the molecule is Cc1cccc(OCC(O)CNC(=O)c2cccc3ncccc23)c1. The lowest BCUT2D eigenvalue weighted by Crippen LogP contribution is -2.35. The van der Waals surface area contributed by atoms with Crippen LogP contribution < -0.4 is 10.1 Å². The highest BCUT2D eigenvalue weighted by atomic mass is 16.5. The minimum absolute atomic E-state index is 0.112. The number of aryl methyl sites for hydroxylation is 1. The molecule has 5 heteroatoms. The molecule has 1 heterocycles. The van der Waals surface area contributed by atoms with E-state index in [1.807, 2.05) is 43.3 Å². The van der Waals surface area contributed by atoms with Crippen LogP contribution in [0.2, 0.25) is 0 Å². The van der Waals surface area contributed by atoms with Crippen LogP contribution in [0, 0.1) is 6.92 Å². The summed E-state index contributed by atoms with van der Waals surface area (Å²) in [6, 6.07) is 16.6. The number of hydrogen-bond acceptors (Lipinski definition) is 4. The molecule has 0 fully saturated rings. The van der Waals surface area contributed by atoms with E-state index in [2.05, 4.69) is 10.3 Å². The first-order valence-electron chi connectivity index (χ1n) is 8.13. The van der Waals surface area contributed by atoms with Crippen LogP contribution in [0.15, 0.2) is 60.8 Å². The highest BCUT2D eigenvalue weighted by Crippen LogP contribution is 2.16. The van der Waals surface area contributed by atoms with Crippen LogP contribution >= 0.6 is 0 Å². The summed E-state index contributed by atoms with van der Waals surface area (Å²) >= 11 is 0. The summed E-state index contributed by atoms with van der Waals surface area (Å²) in [7, 11) is 0. The Bertz CT molecular complexity index is 874. The van der Waals surface area contributed by atoms with Gasteiger partial charge in [0.2, 0.25) is 0 Å². The number of hydrogen-bond donors (Lipinski definition) is 2. The van der Waals surface area contributed by atoms with Gasteiger partial charge in [-0.25, -0.2) is 0 Å². The smallest absolute Gasteiger partial charge is 0.252 e. The van der Waals surface area contributed by atoms with E-state index in [4.69, 9.17) is 4.74 Å². The normalized spacial score (nSPS) is 11.9. The molecule has 0 saturated carbocycles. The first-order valence-corrected chi connectivity index (χ1v) is 8.13. The van der Waals surface area contributed by atoms with E-state index in [0.717, 1.165) is 16.5 Å². The van der Waals surface area contributed by atoms with Gasteiger partial charge in [-0.3, -0.25) is 9.78 Å². The fourth-order valence-corrected chi connectivity index (χ4v) is 2.56. The molecule has 1 unspecified atom stereocenters. The number of aromatic nitrogens is 1. The molecular formula is C20H20N2O3. The van der Waals surface area contributed by atoms with Crippen molar-refractivity contribution in [3.8, 4) is 5.75 Å². The average molecular weight is 336 g/mol. The van der Waals surface area contributed by atoms with Gasteiger partial charge in [0.15, 0.2) is 0 Å². The van der Waals surface area contributed by atoms with Gasteiger partial charge in [-0.15, -0.1) is 0 Å². The minimum atomic E-state index is -0.794. The molecule has 0 bridgehead atoms. The number of ether oxygens (including phenoxy) is 1. The summed E-state index contributed by atoms with van der Waals surface area (Å²) < 4.78 is 5.55. The molecule has 2 aromatic carbocycles. The maximum absolute atomic E-state index is 12.4. The largest absolute Gasteiger partial charge is 0.491 e. The number of benzene rings is 2. The molecule has 0 saturated heterocycles. The van der Waals surface area contributed by atoms with Crippen molar-refractivity contribution in [3.63, 3.8) is 0 Å². The number of aliphatic hydroxyl groups is 1. The van der Waals surface area contributed by atoms with Crippen LogP contribution in [0.3, 0.4) is 0 Å². The van der Waals surface area contributed by atoms with Crippen molar-refractivity contribution in [3.05, 3.63) is 71.9 Å². The van der Waals surface area contributed by atoms with E-state index < -0.39 is 6.10 Å². The van der Waals surface area contributed by atoms with Crippen molar-refractivity contribution in [1.29, 1.82) is 0 Å². The topological polar surface area (TPSA) is 71.5 Å². The van der Waals surface area contributed by atoms with E-state index in [1.54, 1.807) is 24.4 Å². The van der Waals surface area contributed by atoms with Crippen molar-refractivity contribution in [2.24, 2.45) is 0 Å². The van der Waals surface area contributed by atoms with E-state index in [0.29, 0.717) is 11.3 Å². The average Bonchev–Trinajstić information content (AvgIpc) is 2.64. The lowest BCUT2D eigenvalue weighted by molar-refractivity contribution is 0.0845. The lowest BCUT2D eigenvalue weighted by atomic mass is 10.1. The van der Waals surface area contributed by atoms with Crippen LogP contribution in [0.1, 0.15) is 15.9 Å². The number of amides is 1. The second-order valence-corrected chi connectivity index (χ2v) is 5.87. The third-order valence-electron chi connectivity index (χ3n) is 3.82. The Morgan fingerprint density at radius 1 is 1.20 bits per heavy atom. The number of rotatable bonds is 6. The summed E-state index contributed by atoms with van der Waals surface area (Å²) in [4.78, 5) is 16.6. The van der Waals surface area contributed by atoms with E-state index in [1.165, 1.54) is 0 Å². The quantitative estimate of drug-likeness (QED) is 0.726. The fourth-order valence-electron chi connectivity index (χ4n) is 2.56. The summed E-state index contributed by atoms with van der Waals surface area (Å²) in [5.41, 5.74) is 2.39. The molecule has 5 nitrogen and oxygen atoms in total. The zero-order valence-electron chi connectivity index (χ0n) is 14.0. The van der Waals surface area contributed by atoms with Gasteiger partial charge in [-0.05, 0) is 42.8 Å². The van der Waals surface area contributed by atoms with Crippen LogP contribution in [0.25, 0.3) is 10.9 Å². The number of fused-ring (bicyclic) bond motifs is 1. The maximum atomic E-state index is 12.4. The van der Waals surface area contributed by atoms with Crippen molar-refractivity contribution < 1.29 is 14.6 Å². The van der Waals surface area contributed by atoms with Gasteiger partial charge in [-0.1, -0.05) is 24.3 Å². The summed E-state index contributed by atoms with van der Waals surface area (Å²) in [6.45, 7) is 2.20. The molecule has 1 amide bonds. The molecule has 3 aromatic rings. The molecule has 2 N–H and O–H groups in total. The van der Waals surface area contributed by atoms with Crippen molar-refractivity contribution >= 4 is 16.8 Å². The van der Waals surface area contributed by atoms with Gasteiger partial charge < -0.3 is 15.2 Å². The van der Waals surface area contributed by atoms with Gasteiger partial charge in [0.1, 0.15) is 18.5 Å². The van der Waals surface area contributed by atoms with Crippen LogP contribution in [0.4, 0.5) is 0 Å². The standard InChI is InChI=1S/C20H20N2O3/c1-14-5-2-6-16(11-14)25-13-15(23)12-22-20(24)18-7-3-9-19-17(18)8-4-10-21-19/h2-11,15,23H,12-13H2,1H3,(H,22,24). The Morgan fingerprint density at radius 3 is 2.88 bits per heavy atom. The minimum Gasteiger partial charge on any atom is -0.491 e. The predicted octanol–water partition coefficient (Wildman–Crippen LogP) is 2.71. The van der Waals surface area contributed by atoms with E-state index in [9.17, 15) is 9.90 Å². The number of carbonyl (C=O) groups is 1. The molecule has 128 valence electrons. The summed E-state index contributed by atoms with van der Waals surface area (Å²) in [6.07, 6.45) is 0.897. The molecule has 0 aliphatic heterocycles. The molecule has 25 heavy (non-hydrogen) atoms. The molecule has 0 spiro atoms. The zero-order chi connectivity index (χ0) is 17.6. The first kappa shape index (κ1) is 16.9. The zero-order valence-corrected chi connectivity index (χ0v) is 14.0. The van der Waals surface area contributed by atoms with Gasteiger partial charge in [-0.2, -0.15) is 0 Å². The van der Waals surface area contributed by atoms with Crippen LogP contribution in [-0.4, -0.2) is 35.3 Å². The predicted molar refractivity (Wildman–Crippen MR) is 96.8 cm³/mol. The van der Waals surface area contributed by atoms with E-state index in [-0.39, 0.29) is 19.1 Å². The van der Waals surface area contributed by atoms with E-state index >= 15 is 0 Å². The third kappa shape index (κ3) is 4.33. The van der Waals surface area contributed by atoms with Gasteiger partial charge in [0.05, 0.1) is 5.52 Å². The monoisotopic (exact) mass is 336 g/mol. The number of nitrogens with one attached hydrogen (secondary N) is 1. The molecule has 0 radical (unpaired) electrons. The number of nitrogens with zero attached hydrogens (tertiary/aromatic N) is 1. The molecule has 0 aliphatic carbocycles. The second-order valence-electron chi connectivity index (χ2n) is 5.87. The van der Waals surface area contributed by atoms with Crippen LogP contribution in [-0.2, 0) is 0 Å². The van der Waals surface area contributed by atoms with Crippen molar-refractivity contribution in [2.75, 3.05) is 13.2 Å². The number of aliphatic hydroxyl groups excluding tert-OH is 1. The van der Waals surface area contributed by atoms with Crippen molar-refractivity contribution in [1.82, 2.24) is 10.3 Å². The summed E-state index contributed by atoms with van der Waals surface area (Å²) in [5, 5.41) is 13.6. The van der Waals surface area contributed by atoms with Gasteiger partial charge >= 0.3 is 0 Å². The Labute approximate surface area is 146 Å². The third-order valence-corrected chi connectivity index (χ3v) is 3.82. The molecule has 3 rings (SSSR count). The maximum Gasteiger partial charge on any atom is 0.252 e. The Balaban J connectivity index is 1.56. The Kier molecular flexibility index (Phi) is 5.26. The summed E-state index contributed by atoms with van der Waals surface area (Å²) in [5.74, 6) is 0.457. The van der Waals surface area contributed by atoms with Gasteiger partial charge in [0.25, 0.3) is 5.91 Å². The highest BCUT2D eigenvalue weighted by Gasteiger charge is 2.12. The Morgan fingerprint density at radius 2 is 2.04 bits per heavy atom. The first-order chi connectivity index (χ1) is 12.1. The van der Waals surface area contributed by atoms with Crippen LogP contribution in [0.5, 0.6) is 5.75 Å². The highest BCUT2D eigenvalue weighted by molar-refractivity contribution is 6.06. The fraction of sp³-hybridized carbons (Fsp3) is 0.200. The molecule has 0 aliphatic rings. The second kappa shape index (κ2) is 7.77. The molecule has 1 aromatic heterocycles. The number of pyridine rings is 1.